The fourth-order valence-corrected chi connectivity index (χ4v) is 3.41. The number of para-hydroxylation sites is 1. The van der Waals surface area contributed by atoms with Crippen LogP contribution in [0, 0.1) is 5.41 Å². The largest absolute Gasteiger partial charge is 0.508 e. The van der Waals surface area contributed by atoms with E-state index in [4.69, 9.17) is 28.3 Å². The Morgan fingerprint density at radius 1 is 1.04 bits per heavy atom. The van der Waals surface area contributed by atoms with Gasteiger partial charge in [-0.25, -0.2) is 0 Å². The molecule has 0 amide bonds. The fourth-order valence-electron chi connectivity index (χ4n) is 2.84. The second-order valence-corrected chi connectivity index (χ2v) is 7.84. The number of nitrogens with zero attached hydrogens (tertiary/aromatic N) is 2. The summed E-state index contributed by atoms with van der Waals surface area (Å²) in [7, 11) is 0. The van der Waals surface area contributed by atoms with Crippen LogP contribution in [0.1, 0.15) is 38.8 Å². The van der Waals surface area contributed by atoms with Crippen molar-refractivity contribution in [2.45, 2.75) is 33.2 Å². The van der Waals surface area contributed by atoms with E-state index in [-0.39, 0.29) is 17.2 Å². The van der Waals surface area contributed by atoms with Gasteiger partial charge in [-0.1, -0.05) is 62.2 Å². The second kappa shape index (κ2) is 6.30. The van der Waals surface area contributed by atoms with Crippen LogP contribution in [0.3, 0.4) is 0 Å². The highest BCUT2D eigenvalue weighted by Gasteiger charge is 2.35. The summed E-state index contributed by atoms with van der Waals surface area (Å²) < 4.78 is 0. The lowest BCUT2D eigenvalue weighted by Crippen LogP contribution is -2.20. The maximum Gasteiger partial charge on any atom is 0.115 e. The summed E-state index contributed by atoms with van der Waals surface area (Å²) in [6, 6.07) is 12.7. The molecule has 1 aliphatic heterocycles. The number of benzene rings is 2. The minimum atomic E-state index is -0.0440. The van der Waals surface area contributed by atoms with Gasteiger partial charge in [0, 0.05) is 17.5 Å². The molecule has 0 aliphatic carbocycles. The Balaban J connectivity index is 2.10. The molecule has 1 unspecified atom stereocenters. The SMILES string of the molecule is CC(C)(C)C1=NN(c2c(Cl)cccc2Cl)C(c2ccc(O)cc2)C1. The van der Waals surface area contributed by atoms with Crippen molar-refractivity contribution in [3.8, 4) is 5.75 Å². The number of hydrogen-bond acceptors (Lipinski definition) is 3. The topological polar surface area (TPSA) is 35.8 Å². The number of rotatable bonds is 2. The fraction of sp³-hybridized carbons (Fsp3) is 0.316. The van der Waals surface area contributed by atoms with E-state index in [0.29, 0.717) is 10.0 Å². The summed E-state index contributed by atoms with van der Waals surface area (Å²) in [6.07, 6.45) is 0.788. The number of phenols is 1. The minimum Gasteiger partial charge on any atom is -0.508 e. The molecule has 5 heteroatoms. The number of phenolic OH excluding ortho intramolecular Hbond substituents is 1. The zero-order valence-corrected chi connectivity index (χ0v) is 15.4. The van der Waals surface area contributed by atoms with E-state index in [1.165, 1.54) is 0 Å². The molecule has 126 valence electrons. The molecule has 0 spiro atoms. The molecule has 24 heavy (non-hydrogen) atoms. The molecule has 0 radical (unpaired) electrons. The van der Waals surface area contributed by atoms with E-state index in [2.05, 4.69) is 20.8 Å². The Labute approximate surface area is 152 Å². The first kappa shape index (κ1) is 17.1. The van der Waals surface area contributed by atoms with Gasteiger partial charge in [0.15, 0.2) is 0 Å². The average Bonchev–Trinajstić information content (AvgIpc) is 2.93. The smallest absolute Gasteiger partial charge is 0.115 e. The van der Waals surface area contributed by atoms with Crippen LogP contribution in [0.15, 0.2) is 47.6 Å². The van der Waals surface area contributed by atoms with Crippen molar-refractivity contribution >= 4 is 34.6 Å². The lowest BCUT2D eigenvalue weighted by molar-refractivity contribution is 0.475. The standard InChI is InChI=1S/C19H20Cl2N2O/c1-19(2,3)17-11-16(12-7-9-13(24)10-8-12)23(22-17)18-14(20)5-4-6-15(18)21/h4-10,16,24H,11H2,1-3H3. The highest BCUT2D eigenvalue weighted by atomic mass is 35.5. The van der Waals surface area contributed by atoms with Gasteiger partial charge in [-0.2, -0.15) is 5.10 Å². The monoisotopic (exact) mass is 362 g/mol. The molecular weight excluding hydrogens is 343 g/mol. The Kier molecular flexibility index (Phi) is 4.50. The predicted molar refractivity (Wildman–Crippen MR) is 101 cm³/mol. The van der Waals surface area contributed by atoms with Crippen molar-refractivity contribution < 1.29 is 5.11 Å². The van der Waals surface area contributed by atoms with Gasteiger partial charge >= 0.3 is 0 Å². The third-order valence-corrected chi connectivity index (χ3v) is 4.83. The van der Waals surface area contributed by atoms with Crippen molar-refractivity contribution in [3.63, 3.8) is 0 Å². The predicted octanol–water partition coefficient (Wildman–Crippen LogP) is 6.05. The van der Waals surface area contributed by atoms with Crippen LogP contribution in [0.5, 0.6) is 5.75 Å². The first-order valence-electron chi connectivity index (χ1n) is 7.87. The van der Waals surface area contributed by atoms with E-state index in [0.717, 1.165) is 23.4 Å². The number of halogens is 2. The van der Waals surface area contributed by atoms with E-state index < -0.39 is 0 Å². The number of anilines is 1. The molecule has 0 fully saturated rings. The lowest BCUT2D eigenvalue weighted by Gasteiger charge is -2.25. The molecule has 1 N–H and O–H groups in total. The Morgan fingerprint density at radius 3 is 2.17 bits per heavy atom. The van der Waals surface area contributed by atoms with Crippen molar-refractivity contribution in [1.29, 1.82) is 0 Å². The Morgan fingerprint density at radius 2 is 1.62 bits per heavy atom. The molecule has 0 saturated heterocycles. The summed E-state index contributed by atoms with van der Waals surface area (Å²) in [6.45, 7) is 6.45. The molecule has 3 nitrogen and oxygen atoms in total. The molecule has 1 aliphatic rings. The average molecular weight is 363 g/mol. The summed E-state index contributed by atoms with van der Waals surface area (Å²) >= 11 is 12.8. The Bertz CT molecular complexity index is 759. The first-order chi connectivity index (χ1) is 11.3. The normalized spacial score (nSPS) is 18.0. The molecule has 3 rings (SSSR count). The lowest BCUT2D eigenvalue weighted by atomic mass is 9.86. The summed E-state index contributed by atoms with van der Waals surface area (Å²) in [5, 5.41) is 17.5. The van der Waals surface area contributed by atoms with Crippen LogP contribution in [-0.2, 0) is 0 Å². The van der Waals surface area contributed by atoms with Crippen LogP contribution < -0.4 is 5.01 Å². The highest BCUT2D eigenvalue weighted by molar-refractivity contribution is 6.39. The molecule has 0 saturated carbocycles. The van der Waals surface area contributed by atoms with E-state index in [1.807, 2.05) is 35.3 Å². The number of hydrogen-bond donors (Lipinski definition) is 1. The van der Waals surface area contributed by atoms with Gasteiger partial charge in [-0.15, -0.1) is 0 Å². The molecule has 1 heterocycles. The van der Waals surface area contributed by atoms with Gasteiger partial charge in [0.25, 0.3) is 0 Å². The number of aromatic hydroxyl groups is 1. The van der Waals surface area contributed by atoms with Gasteiger partial charge in [0.2, 0.25) is 0 Å². The summed E-state index contributed by atoms with van der Waals surface area (Å²) in [4.78, 5) is 0. The first-order valence-corrected chi connectivity index (χ1v) is 8.63. The zero-order valence-electron chi connectivity index (χ0n) is 13.9. The molecule has 2 aromatic rings. The van der Waals surface area contributed by atoms with Crippen LogP contribution >= 0.6 is 23.2 Å². The molecule has 2 aromatic carbocycles. The van der Waals surface area contributed by atoms with Gasteiger partial charge in [-0.05, 0) is 29.8 Å². The maximum atomic E-state index is 9.57. The van der Waals surface area contributed by atoms with Gasteiger partial charge < -0.3 is 5.11 Å². The Hall–Kier alpha value is -1.71. The van der Waals surface area contributed by atoms with E-state index in [9.17, 15) is 5.11 Å². The van der Waals surface area contributed by atoms with Gasteiger partial charge in [0.1, 0.15) is 5.75 Å². The summed E-state index contributed by atoms with van der Waals surface area (Å²) in [5.41, 5.74) is 2.83. The van der Waals surface area contributed by atoms with Crippen LogP contribution in [-0.4, -0.2) is 10.8 Å². The van der Waals surface area contributed by atoms with Crippen LogP contribution in [0.4, 0.5) is 5.69 Å². The second-order valence-electron chi connectivity index (χ2n) is 7.02. The summed E-state index contributed by atoms with van der Waals surface area (Å²) in [5.74, 6) is 0.246. The van der Waals surface area contributed by atoms with Crippen molar-refractivity contribution in [3.05, 3.63) is 58.1 Å². The third-order valence-electron chi connectivity index (χ3n) is 4.22. The van der Waals surface area contributed by atoms with Crippen molar-refractivity contribution in [1.82, 2.24) is 0 Å². The molecule has 0 bridgehead atoms. The quantitative estimate of drug-likeness (QED) is 0.705. The maximum absolute atomic E-state index is 9.57. The van der Waals surface area contributed by atoms with Crippen LogP contribution in [0.2, 0.25) is 10.0 Å². The number of hydrazone groups is 1. The minimum absolute atomic E-state index is 0.00257. The van der Waals surface area contributed by atoms with Crippen molar-refractivity contribution in [2.24, 2.45) is 10.5 Å². The molecule has 0 aromatic heterocycles. The van der Waals surface area contributed by atoms with E-state index >= 15 is 0 Å². The van der Waals surface area contributed by atoms with Gasteiger partial charge in [0.05, 0.1) is 21.8 Å². The van der Waals surface area contributed by atoms with E-state index in [1.54, 1.807) is 12.1 Å². The highest BCUT2D eigenvalue weighted by Crippen LogP contribution is 2.44. The molecular formula is C19H20Cl2N2O. The van der Waals surface area contributed by atoms with Crippen molar-refractivity contribution in [2.75, 3.05) is 5.01 Å². The van der Waals surface area contributed by atoms with Crippen LogP contribution in [0.25, 0.3) is 0 Å². The zero-order chi connectivity index (χ0) is 17.5. The third kappa shape index (κ3) is 3.24. The molecule has 1 atom stereocenters. The van der Waals surface area contributed by atoms with Gasteiger partial charge in [-0.3, -0.25) is 5.01 Å².